The van der Waals surface area contributed by atoms with Crippen molar-refractivity contribution in [2.75, 3.05) is 7.05 Å². The van der Waals surface area contributed by atoms with E-state index in [4.69, 9.17) is 5.26 Å². The van der Waals surface area contributed by atoms with Gasteiger partial charge in [0.2, 0.25) is 5.91 Å². The zero-order chi connectivity index (χ0) is 15.0. The predicted molar refractivity (Wildman–Crippen MR) is 75.6 cm³/mol. The van der Waals surface area contributed by atoms with E-state index in [1.807, 2.05) is 6.07 Å². The Labute approximate surface area is 123 Å². The fourth-order valence-electron chi connectivity index (χ4n) is 3.48. The minimum atomic E-state index is -0.375. The van der Waals surface area contributed by atoms with Gasteiger partial charge in [-0.3, -0.25) is 4.79 Å². The zero-order valence-electron chi connectivity index (χ0n) is 12.0. The first kappa shape index (κ1) is 14.0. The Hall–Kier alpha value is -1.93. The molecule has 0 radical (unpaired) electrons. The molecule has 2 aliphatic heterocycles. The molecule has 5 heteroatoms. The lowest BCUT2D eigenvalue weighted by atomic mass is 9.88. The highest BCUT2D eigenvalue weighted by Gasteiger charge is 2.43. The van der Waals surface area contributed by atoms with Crippen LogP contribution in [0.1, 0.15) is 30.4 Å². The second kappa shape index (κ2) is 5.45. The molecule has 0 spiro atoms. The van der Waals surface area contributed by atoms with Crippen LogP contribution in [0.15, 0.2) is 18.2 Å². The Bertz CT molecular complexity index is 610. The number of nitriles is 1. The van der Waals surface area contributed by atoms with Crippen molar-refractivity contribution in [3.05, 3.63) is 35.1 Å². The summed E-state index contributed by atoms with van der Waals surface area (Å²) < 4.78 is 13.8. The molecule has 0 aromatic heterocycles. The third-order valence-corrected chi connectivity index (χ3v) is 4.58. The lowest BCUT2D eigenvalue weighted by Gasteiger charge is -2.26. The predicted octanol–water partition coefficient (Wildman–Crippen LogP) is 1.80. The maximum Gasteiger partial charge on any atom is 0.227 e. The molecule has 2 aliphatic rings. The molecule has 0 aliphatic carbocycles. The second-order valence-electron chi connectivity index (χ2n) is 6.00. The lowest BCUT2D eigenvalue weighted by molar-refractivity contribution is -0.135. The quantitative estimate of drug-likeness (QED) is 0.922. The van der Waals surface area contributed by atoms with Crippen molar-refractivity contribution in [1.29, 1.82) is 5.26 Å². The topological polar surface area (TPSA) is 56.1 Å². The van der Waals surface area contributed by atoms with Crippen LogP contribution >= 0.6 is 0 Å². The fraction of sp³-hybridized carbons (Fsp3) is 0.500. The number of rotatable bonds is 3. The van der Waals surface area contributed by atoms with E-state index in [2.05, 4.69) is 5.32 Å². The molecular weight excluding hydrogens is 269 g/mol. The van der Waals surface area contributed by atoms with E-state index >= 15 is 0 Å². The molecule has 1 aromatic rings. The second-order valence-corrected chi connectivity index (χ2v) is 6.00. The van der Waals surface area contributed by atoms with Crippen LogP contribution in [-0.4, -0.2) is 29.9 Å². The van der Waals surface area contributed by atoms with Crippen molar-refractivity contribution in [3.8, 4) is 6.07 Å². The Balaban J connectivity index is 1.70. The number of carbonyl (C=O) groups is 1. The van der Waals surface area contributed by atoms with E-state index in [1.165, 1.54) is 18.2 Å². The number of hydrogen-bond acceptors (Lipinski definition) is 3. The monoisotopic (exact) mass is 287 g/mol. The Morgan fingerprint density at radius 2 is 2.33 bits per heavy atom. The minimum absolute atomic E-state index is 0.0101. The van der Waals surface area contributed by atoms with Crippen molar-refractivity contribution in [1.82, 2.24) is 10.2 Å². The molecule has 3 atom stereocenters. The lowest BCUT2D eigenvalue weighted by Crippen LogP contribution is -2.38. The third kappa shape index (κ3) is 2.64. The molecule has 2 heterocycles. The van der Waals surface area contributed by atoms with Crippen LogP contribution in [0.5, 0.6) is 0 Å². The van der Waals surface area contributed by atoms with Gasteiger partial charge in [-0.1, -0.05) is 0 Å². The largest absolute Gasteiger partial charge is 0.341 e. The van der Waals surface area contributed by atoms with Gasteiger partial charge in [-0.05, 0) is 37.5 Å². The summed E-state index contributed by atoms with van der Waals surface area (Å²) in [6.45, 7) is 0.202. The fourth-order valence-corrected chi connectivity index (χ4v) is 3.48. The molecule has 3 unspecified atom stereocenters. The van der Waals surface area contributed by atoms with Crippen molar-refractivity contribution in [2.45, 2.75) is 37.9 Å². The van der Waals surface area contributed by atoms with Gasteiger partial charge >= 0.3 is 0 Å². The Morgan fingerprint density at radius 1 is 1.52 bits per heavy atom. The molecule has 0 saturated carbocycles. The summed E-state index contributed by atoms with van der Waals surface area (Å²) in [4.78, 5) is 14.1. The van der Waals surface area contributed by atoms with Crippen LogP contribution in [0, 0.1) is 23.1 Å². The van der Waals surface area contributed by atoms with Crippen molar-refractivity contribution in [3.63, 3.8) is 0 Å². The van der Waals surface area contributed by atoms with Crippen LogP contribution < -0.4 is 5.32 Å². The molecule has 2 saturated heterocycles. The van der Waals surface area contributed by atoms with Crippen LogP contribution in [0.4, 0.5) is 4.39 Å². The van der Waals surface area contributed by atoms with E-state index < -0.39 is 0 Å². The summed E-state index contributed by atoms with van der Waals surface area (Å²) in [5.41, 5.74) is 0.801. The van der Waals surface area contributed by atoms with E-state index in [-0.39, 0.29) is 30.2 Å². The number of nitrogens with one attached hydrogen (secondary N) is 1. The van der Waals surface area contributed by atoms with Gasteiger partial charge < -0.3 is 10.2 Å². The zero-order valence-corrected chi connectivity index (χ0v) is 12.0. The van der Waals surface area contributed by atoms with Crippen LogP contribution in [0.2, 0.25) is 0 Å². The summed E-state index contributed by atoms with van der Waals surface area (Å²) >= 11 is 0. The number of fused-ring (bicyclic) bond motifs is 2. The summed E-state index contributed by atoms with van der Waals surface area (Å²) in [5.74, 6) is -0.299. The van der Waals surface area contributed by atoms with Gasteiger partial charge in [-0.15, -0.1) is 0 Å². The first-order valence-electron chi connectivity index (χ1n) is 7.28. The Morgan fingerprint density at radius 3 is 2.95 bits per heavy atom. The van der Waals surface area contributed by atoms with Gasteiger partial charge in [0.15, 0.2) is 0 Å². The number of hydrogen-bond donors (Lipinski definition) is 1. The number of carbonyl (C=O) groups excluding carboxylic acids is 1. The van der Waals surface area contributed by atoms with Gasteiger partial charge in [0, 0.05) is 31.2 Å². The first-order chi connectivity index (χ1) is 10.1. The molecule has 110 valence electrons. The van der Waals surface area contributed by atoms with E-state index in [0.717, 1.165) is 19.3 Å². The third-order valence-electron chi connectivity index (χ3n) is 4.58. The van der Waals surface area contributed by atoms with Gasteiger partial charge in [0.1, 0.15) is 5.82 Å². The molecule has 3 rings (SSSR count). The summed E-state index contributed by atoms with van der Waals surface area (Å²) in [6, 6.07) is 6.98. The molecule has 4 nitrogen and oxygen atoms in total. The molecule has 2 fully saturated rings. The number of benzene rings is 1. The average Bonchev–Trinajstić information content (AvgIpc) is 3.11. The highest BCUT2D eigenvalue weighted by Crippen LogP contribution is 2.34. The van der Waals surface area contributed by atoms with E-state index in [1.54, 1.807) is 11.9 Å². The molecular formula is C16H18FN3O. The molecule has 1 aromatic carbocycles. The molecule has 21 heavy (non-hydrogen) atoms. The summed E-state index contributed by atoms with van der Waals surface area (Å²) in [5, 5.41) is 12.3. The molecule has 1 amide bonds. The number of nitrogens with zero attached hydrogens (tertiary/aromatic N) is 2. The molecule has 2 bridgehead atoms. The highest BCUT2D eigenvalue weighted by molar-refractivity contribution is 5.80. The first-order valence-corrected chi connectivity index (χ1v) is 7.28. The van der Waals surface area contributed by atoms with Crippen LogP contribution in [0.25, 0.3) is 0 Å². The van der Waals surface area contributed by atoms with Gasteiger partial charge in [0.05, 0.1) is 17.6 Å². The standard InChI is InChI=1S/C16H18FN3O/c1-20(9-11-6-10(8-18)2-4-14(11)17)16(21)13-7-12-3-5-15(13)19-12/h2,4,6,12-13,15,19H,3,5,7,9H2,1H3. The van der Waals surface area contributed by atoms with E-state index in [9.17, 15) is 9.18 Å². The number of halogens is 1. The summed E-state index contributed by atoms with van der Waals surface area (Å²) in [6.07, 6.45) is 3.08. The Kier molecular flexibility index (Phi) is 3.64. The van der Waals surface area contributed by atoms with Crippen LogP contribution in [-0.2, 0) is 11.3 Å². The minimum Gasteiger partial charge on any atom is -0.341 e. The van der Waals surface area contributed by atoms with Gasteiger partial charge in [-0.25, -0.2) is 4.39 Å². The smallest absolute Gasteiger partial charge is 0.227 e. The summed E-state index contributed by atoms with van der Waals surface area (Å²) in [7, 11) is 1.70. The molecule has 1 N–H and O–H groups in total. The maximum atomic E-state index is 13.8. The van der Waals surface area contributed by atoms with E-state index in [0.29, 0.717) is 17.2 Å². The van der Waals surface area contributed by atoms with Gasteiger partial charge in [-0.2, -0.15) is 5.26 Å². The number of amides is 1. The van der Waals surface area contributed by atoms with Gasteiger partial charge in [0.25, 0.3) is 0 Å². The van der Waals surface area contributed by atoms with Crippen molar-refractivity contribution < 1.29 is 9.18 Å². The maximum absolute atomic E-state index is 13.8. The SMILES string of the molecule is CN(Cc1cc(C#N)ccc1F)C(=O)C1CC2CCC1N2. The normalized spacial score (nSPS) is 26.6. The van der Waals surface area contributed by atoms with Crippen molar-refractivity contribution >= 4 is 5.91 Å². The van der Waals surface area contributed by atoms with Crippen LogP contribution in [0.3, 0.4) is 0 Å². The van der Waals surface area contributed by atoms with Crippen molar-refractivity contribution in [2.24, 2.45) is 5.92 Å². The highest BCUT2D eigenvalue weighted by atomic mass is 19.1. The average molecular weight is 287 g/mol.